The molecule has 2 unspecified atom stereocenters. The lowest BCUT2D eigenvalue weighted by Gasteiger charge is -2.10. The Kier molecular flexibility index (Phi) is 4.61. The molecule has 1 aliphatic carbocycles. The fourth-order valence-corrected chi connectivity index (χ4v) is 2.92. The zero-order valence-corrected chi connectivity index (χ0v) is 14.1. The molecule has 2 aromatic rings. The van der Waals surface area contributed by atoms with Crippen LogP contribution in [0.1, 0.15) is 31.4 Å². The van der Waals surface area contributed by atoms with Crippen molar-refractivity contribution in [3.05, 3.63) is 77.9 Å². The van der Waals surface area contributed by atoms with E-state index in [1.54, 1.807) is 0 Å². The van der Waals surface area contributed by atoms with Crippen LogP contribution in [0.4, 0.5) is 0 Å². The highest BCUT2D eigenvalue weighted by Crippen LogP contribution is 2.53. The maximum absolute atomic E-state index is 12.3. The van der Waals surface area contributed by atoms with Gasteiger partial charge in [0.15, 0.2) is 0 Å². The van der Waals surface area contributed by atoms with Gasteiger partial charge in [0.2, 0.25) is 5.91 Å². The van der Waals surface area contributed by atoms with Crippen LogP contribution in [0.15, 0.2) is 71.8 Å². The van der Waals surface area contributed by atoms with Gasteiger partial charge in [-0.25, -0.2) is 5.43 Å². The van der Waals surface area contributed by atoms with Gasteiger partial charge in [0.25, 0.3) is 0 Å². The molecule has 0 aromatic heterocycles. The molecule has 0 saturated heterocycles. The number of benzene rings is 2. The third-order valence-electron chi connectivity index (χ3n) is 4.65. The number of nitrogens with zero attached hydrogens (tertiary/aromatic N) is 1. The molecule has 122 valence electrons. The summed E-state index contributed by atoms with van der Waals surface area (Å²) in [4.78, 5) is 12.3. The first-order chi connectivity index (χ1) is 11.6. The SMILES string of the molecule is CC(/C=C/c1ccccc1)=N\NC(=O)C1CC1(C)c1ccccc1. The standard InChI is InChI=1S/C21H22N2O/c1-16(13-14-17-9-5-3-6-10-17)22-23-20(24)19-15-21(19,2)18-11-7-4-8-12-18/h3-14,19H,15H2,1-2H3,(H,23,24)/b14-13+,22-16+. The van der Waals surface area contributed by atoms with Crippen molar-refractivity contribution in [3.63, 3.8) is 0 Å². The Hall–Kier alpha value is -2.68. The van der Waals surface area contributed by atoms with Crippen molar-refractivity contribution in [2.75, 3.05) is 0 Å². The van der Waals surface area contributed by atoms with E-state index >= 15 is 0 Å². The summed E-state index contributed by atoms with van der Waals surface area (Å²) in [5, 5.41) is 4.19. The molecule has 1 amide bonds. The van der Waals surface area contributed by atoms with E-state index < -0.39 is 0 Å². The van der Waals surface area contributed by atoms with E-state index in [9.17, 15) is 4.79 Å². The van der Waals surface area contributed by atoms with Gasteiger partial charge < -0.3 is 0 Å². The largest absolute Gasteiger partial charge is 0.273 e. The number of rotatable bonds is 5. The van der Waals surface area contributed by atoms with Crippen molar-refractivity contribution >= 4 is 17.7 Å². The average Bonchev–Trinajstić information content (AvgIpc) is 3.33. The summed E-state index contributed by atoms with van der Waals surface area (Å²) in [5.41, 5.74) is 5.74. The highest BCUT2D eigenvalue weighted by molar-refractivity contribution is 5.97. The van der Waals surface area contributed by atoms with Crippen molar-refractivity contribution in [3.8, 4) is 0 Å². The molecule has 3 nitrogen and oxygen atoms in total. The lowest BCUT2D eigenvalue weighted by Crippen LogP contribution is -2.24. The Bertz CT molecular complexity index is 765. The van der Waals surface area contributed by atoms with Crippen LogP contribution >= 0.6 is 0 Å². The minimum absolute atomic E-state index is 0.00504. The molecular formula is C21H22N2O. The Morgan fingerprint density at radius 3 is 2.42 bits per heavy atom. The Balaban J connectivity index is 1.57. The second-order valence-corrected chi connectivity index (χ2v) is 6.51. The van der Waals surface area contributed by atoms with Gasteiger partial charge in [0, 0.05) is 5.41 Å². The molecule has 0 radical (unpaired) electrons. The predicted octanol–water partition coefficient (Wildman–Crippen LogP) is 4.17. The van der Waals surface area contributed by atoms with Gasteiger partial charge in [-0.15, -0.1) is 0 Å². The number of hydrogen-bond donors (Lipinski definition) is 1. The topological polar surface area (TPSA) is 41.5 Å². The van der Waals surface area contributed by atoms with E-state index in [0.717, 1.165) is 17.7 Å². The number of hydrogen-bond acceptors (Lipinski definition) is 2. The summed E-state index contributed by atoms with van der Waals surface area (Å²) in [6.07, 6.45) is 4.76. The molecule has 0 aliphatic heterocycles. The van der Waals surface area contributed by atoms with E-state index in [2.05, 4.69) is 29.6 Å². The number of carbonyl (C=O) groups is 1. The van der Waals surface area contributed by atoms with Crippen LogP contribution in [0.5, 0.6) is 0 Å². The van der Waals surface area contributed by atoms with Crippen LogP contribution in [0, 0.1) is 5.92 Å². The summed E-state index contributed by atoms with van der Waals surface area (Å²) < 4.78 is 0. The van der Waals surface area contributed by atoms with Crippen molar-refractivity contribution in [1.29, 1.82) is 0 Å². The smallest absolute Gasteiger partial charge is 0.244 e. The number of nitrogens with one attached hydrogen (secondary N) is 1. The van der Waals surface area contributed by atoms with Gasteiger partial charge >= 0.3 is 0 Å². The van der Waals surface area contributed by atoms with Gasteiger partial charge in [0.1, 0.15) is 0 Å². The lowest BCUT2D eigenvalue weighted by molar-refractivity contribution is -0.122. The zero-order chi connectivity index (χ0) is 17.0. The lowest BCUT2D eigenvalue weighted by atomic mass is 9.95. The quantitative estimate of drug-likeness (QED) is 0.652. The van der Waals surface area contributed by atoms with Gasteiger partial charge in [-0.05, 0) is 30.5 Å². The Morgan fingerprint density at radius 1 is 1.12 bits per heavy atom. The summed E-state index contributed by atoms with van der Waals surface area (Å²) >= 11 is 0. The molecule has 3 rings (SSSR count). The van der Waals surface area contributed by atoms with Crippen LogP contribution < -0.4 is 5.43 Å². The summed E-state index contributed by atoms with van der Waals surface area (Å²) in [5.74, 6) is -0.0108. The fourth-order valence-electron chi connectivity index (χ4n) is 2.92. The van der Waals surface area contributed by atoms with E-state index in [4.69, 9.17) is 0 Å². The van der Waals surface area contributed by atoms with Crippen molar-refractivity contribution < 1.29 is 4.79 Å². The van der Waals surface area contributed by atoms with Crippen LogP contribution in [-0.2, 0) is 10.2 Å². The molecule has 0 heterocycles. The molecular weight excluding hydrogens is 296 g/mol. The van der Waals surface area contributed by atoms with Crippen LogP contribution in [0.25, 0.3) is 6.08 Å². The first-order valence-corrected chi connectivity index (χ1v) is 8.22. The summed E-state index contributed by atoms with van der Waals surface area (Å²) in [7, 11) is 0. The monoisotopic (exact) mass is 318 g/mol. The third-order valence-corrected chi connectivity index (χ3v) is 4.65. The molecule has 3 heteroatoms. The Morgan fingerprint density at radius 2 is 1.75 bits per heavy atom. The van der Waals surface area contributed by atoms with Crippen LogP contribution in [0.3, 0.4) is 0 Å². The summed E-state index contributed by atoms with van der Waals surface area (Å²) in [6, 6.07) is 20.2. The van der Waals surface area contributed by atoms with Crippen LogP contribution in [0.2, 0.25) is 0 Å². The van der Waals surface area contributed by atoms with Crippen LogP contribution in [-0.4, -0.2) is 11.6 Å². The first-order valence-electron chi connectivity index (χ1n) is 8.22. The molecule has 0 spiro atoms. The van der Waals surface area contributed by atoms with Crippen molar-refractivity contribution in [1.82, 2.24) is 5.43 Å². The summed E-state index contributed by atoms with van der Waals surface area (Å²) in [6.45, 7) is 4.02. The molecule has 0 bridgehead atoms. The number of carbonyl (C=O) groups excluding carboxylic acids is 1. The normalized spacial score (nSPS) is 23.2. The van der Waals surface area contributed by atoms with Gasteiger partial charge in [0.05, 0.1) is 11.6 Å². The highest BCUT2D eigenvalue weighted by Gasteiger charge is 2.55. The second kappa shape index (κ2) is 6.83. The fraction of sp³-hybridized carbons (Fsp3) is 0.238. The molecule has 1 N–H and O–H groups in total. The minimum atomic E-state index is -0.0609. The van der Waals surface area contributed by atoms with Crippen molar-refractivity contribution in [2.45, 2.75) is 25.7 Å². The second-order valence-electron chi connectivity index (χ2n) is 6.51. The minimum Gasteiger partial charge on any atom is -0.273 e. The number of hydrazone groups is 1. The molecule has 24 heavy (non-hydrogen) atoms. The third kappa shape index (κ3) is 3.62. The highest BCUT2D eigenvalue weighted by atomic mass is 16.2. The van der Waals surface area contributed by atoms with E-state index in [1.165, 1.54) is 5.56 Å². The maximum atomic E-state index is 12.3. The number of allylic oxidation sites excluding steroid dienone is 1. The van der Waals surface area contributed by atoms with Crippen molar-refractivity contribution in [2.24, 2.45) is 11.0 Å². The zero-order valence-electron chi connectivity index (χ0n) is 14.1. The molecule has 2 atom stereocenters. The average molecular weight is 318 g/mol. The molecule has 1 fully saturated rings. The van der Waals surface area contributed by atoms with Gasteiger partial charge in [-0.2, -0.15) is 5.10 Å². The van der Waals surface area contributed by atoms with E-state index in [1.807, 2.05) is 67.6 Å². The maximum Gasteiger partial charge on any atom is 0.244 e. The predicted molar refractivity (Wildman–Crippen MR) is 98.6 cm³/mol. The van der Waals surface area contributed by atoms with Gasteiger partial charge in [-0.3, -0.25) is 4.79 Å². The molecule has 2 aromatic carbocycles. The van der Waals surface area contributed by atoms with Gasteiger partial charge in [-0.1, -0.05) is 73.7 Å². The first kappa shape index (κ1) is 16.2. The molecule has 1 aliphatic rings. The molecule has 1 saturated carbocycles. The number of amides is 1. The Labute approximate surface area is 143 Å². The van der Waals surface area contributed by atoms with E-state index in [0.29, 0.717) is 0 Å². The van der Waals surface area contributed by atoms with E-state index in [-0.39, 0.29) is 17.2 Å².